The summed E-state index contributed by atoms with van der Waals surface area (Å²) in [6.07, 6.45) is -0.444. The number of amides is 1. The molecule has 2 aliphatic heterocycles. The molecule has 152 valence electrons. The molecular weight excluding hydrogens is 407 g/mol. The summed E-state index contributed by atoms with van der Waals surface area (Å²) < 4.78 is 20.6. The summed E-state index contributed by atoms with van der Waals surface area (Å²) in [6.45, 7) is 2.95. The predicted octanol–water partition coefficient (Wildman–Crippen LogP) is 4.88. The fraction of sp³-hybridized carbons (Fsp3) is 0.227. The van der Waals surface area contributed by atoms with Crippen molar-refractivity contribution in [2.75, 3.05) is 31.1 Å². The van der Waals surface area contributed by atoms with Crippen molar-refractivity contribution in [3.8, 4) is 11.4 Å². The summed E-state index contributed by atoms with van der Waals surface area (Å²) in [7, 11) is 0. The zero-order valence-corrected chi connectivity index (χ0v) is 17.0. The van der Waals surface area contributed by atoms with Crippen LogP contribution in [0.15, 0.2) is 48.2 Å². The molecule has 0 radical (unpaired) electrons. The molecule has 2 aromatic carbocycles. The van der Waals surface area contributed by atoms with Crippen LogP contribution in [-0.2, 0) is 4.74 Å². The monoisotopic (exact) mass is 424 g/mol. The molecular formula is C22H18ClFN4O2. The van der Waals surface area contributed by atoms with E-state index in [4.69, 9.17) is 21.3 Å². The van der Waals surface area contributed by atoms with Gasteiger partial charge >= 0.3 is 6.09 Å². The minimum Gasteiger partial charge on any atom is -0.450 e. The molecule has 2 aliphatic rings. The van der Waals surface area contributed by atoms with Gasteiger partial charge in [0.2, 0.25) is 0 Å². The van der Waals surface area contributed by atoms with Crippen molar-refractivity contribution < 1.29 is 13.9 Å². The number of carbonyl (C=O) groups is 1. The second kappa shape index (κ2) is 7.25. The first-order valence-electron chi connectivity index (χ1n) is 9.72. The fourth-order valence-corrected chi connectivity index (χ4v) is 4.17. The summed E-state index contributed by atoms with van der Waals surface area (Å²) in [5.74, 6) is 0.747. The first-order valence-corrected chi connectivity index (χ1v) is 10.1. The van der Waals surface area contributed by atoms with Gasteiger partial charge in [-0.15, -0.1) is 0 Å². The third-order valence-electron chi connectivity index (χ3n) is 5.35. The van der Waals surface area contributed by atoms with Crippen molar-refractivity contribution in [3.63, 3.8) is 0 Å². The van der Waals surface area contributed by atoms with E-state index in [1.807, 2.05) is 29.2 Å². The molecule has 0 N–H and O–H groups in total. The average Bonchev–Trinajstić information content (AvgIpc) is 2.77. The molecule has 0 atom stereocenters. The van der Waals surface area contributed by atoms with Crippen LogP contribution < -0.4 is 4.90 Å². The third-order valence-corrected chi connectivity index (χ3v) is 5.68. The number of carbonyl (C=O) groups excluding carboxylic acids is 1. The molecule has 30 heavy (non-hydrogen) atoms. The first kappa shape index (κ1) is 18.8. The van der Waals surface area contributed by atoms with Gasteiger partial charge in [0, 0.05) is 24.2 Å². The molecule has 6 nitrogen and oxygen atoms in total. The van der Waals surface area contributed by atoms with Crippen molar-refractivity contribution in [1.82, 2.24) is 14.9 Å². The smallest absolute Gasteiger partial charge is 0.410 e. The van der Waals surface area contributed by atoms with Crippen LogP contribution in [0, 0.1) is 0 Å². The summed E-state index contributed by atoms with van der Waals surface area (Å²) in [4.78, 5) is 25.0. The molecule has 1 aromatic heterocycles. The normalized spacial score (nSPS) is 15.4. The van der Waals surface area contributed by atoms with Crippen molar-refractivity contribution in [2.45, 2.75) is 6.92 Å². The number of benzene rings is 2. The third kappa shape index (κ3) is 2.89. The Balaban J connectivity index is 1.66. The SMILES string of the molecule is CCOC(=O)N1CCN2C(=C(F)c3cccc4nc(-c5ccccc5Cl)nc2c34)C1. The maximum Gasteiger partial charge on any atom is 0.410 e. The highest BCUT2D eigenvalue weighted by molar-refractivity contribution is 6.33. The van der Waals surface area contributed by atoms with Crippen molar-refractivity contribution in [3.05, 3.63) is 58.7 Å². The Morgan fingerprint density at radius 1 is 1.13 bits per heavy atom. The van der Waals surface area contributed by atoms with Crippen LogP contribution in [0.4, 0.5) is 15.0 Å². The Morgan fingerprint density at radius 2 is 1.93 bits per heavy atom. The van der Waals surface area contributed by atoms with Gasteiger partial charge in [-0.25, -0.2) is 19.2 Å². The highest BCUT2D eigenvalue weighted by Gasteiger charge is 2.35. The van der Waals surface area contributed by atoms with Crippen molar-refractivity contribution in [2.24, 2.45) is 0 Å². The second-order valence-electron chi connectivity index (χ2n) is 7.08. The zero-order chi connectivity index (χ0) is 20.8. The van der Waals surface area contributed by atoms with Gasteiger partial charge in [0.1, 0.15) is 5.82 Å². The highest BCUT2D eigenvalue weighted by Crippen LogP contribution is 2.43. The van der Waals surface area contributed by atoms with E-state index in [2.05, 4.69) is 4.98 Å². The number of rotatable bonds is 2. The van der Waals surface area contributed by atoms with E-state index in [1.54, 1.807) is 25.1 Å². The summed E-state index contributed by atoms with van der Waals surface area (Å²) in [5.41, 5.74) is 2.20. The minimum absolute atomic E-state index is 0.117. The number of fused-ring (bicyclic) bond motifs is 2. The van der Waals surface area contributed by atoms with E-state index in [0.717, 1.165) is 0 Å². The van der Waals surface area contributed by atoms with Crippen LogP contribution in [0.5, 0.6) is 0 Å². The van der Waals surface area contributed by atoms with Crippen molar-refractivity contribution in [1.29, 1.82) is 0 Å². The predicted molar refractivity (Wildman–Crippen MR) is 114 cm³/mol. The van der Waals surface area contributed by atoms with Crippen LogP contribution in [0.3, 0.4) is 0 Å². The molecule has 0 bridgehead atoms. The summed E-state index contributed by atoms with van der Waals surface area (Å²) in [6, 6.07) is 12.7. The number of nitrogens with zero attached hydrogens (tertiary/aromatic N) is 4. The Kier molecular flexibility index (Phi) is 4.55. The van der Waals surface area contributed by atoms with Gasteiger partial charge in [-0.2, -0.15) is 0 Å². The van der Waals surface area contributed by atoms with Gasteiger partial charge in [-0.1, -0.05) is 35.9 Å². The molecule has 1 fully saturated rings. The Hall–Kier alpha value is -3.19. The molecule has 3 heterocycles. The first-order chi connectivity index (χ1) is 14.6. The van der Waals surface area contributed by atoms with E-state index in [-0.39, 0.29) is 19.0 Å². The Morgan fingerprint density at radius 3 is 2.73 bits per heavy atom. The summed E-state index contributed by atoms with van der Waals surface area (Å²) in [5, 5.41) is 1.21. The lowest BCUT2D eigenvalue weighted by Gasteiger charge is -2.39. The number of halogens is 2. The van der Waals surface area contributed by atoms with Crippen LogP contribution in [0.25, 0.3) is 28.1 Å². The highest BCUT2D eigenvalue weighted by atomic mass is 35.5. The van der Waals surface area contributed by atoms with E-state index in [0.29, 0.717) is 57.5 Å². The number of piperazine rings is 1. The standard InChI is InChI=1S/C22H18ClFN4O2/c1-2-30-22(29)27-10-11-28-17(12-27)19(24)14-7-5-9-16-18(14)21(28)26-20(25-16)13-6-3-4-8-15(13)23/h3-9H,2,10-12H2,1H3. The Labute approximate surface area is 177 Å². The van der Waals surface area contributed by atoms with Gasteiger partial charge in [-0.3, -0.25) is 0 Å². The largest absolute Gasteiger partial charge is 0.450 e. The van der Waals surface area contributed by atoms with Crippen LogP contribution in [0.1, 0.15) is 12.5 Å². The molecule has 1 amide bonds. The van der Waals surface area contributed by atoms with E-state index < -0.39 is 6.09 Å². The molecule has 5 rings (SSSR count). The molecule has 0 saturated carbocycles. The number of hydrogen-bond acceptors (Lipinski definition) is 5. The lowest BCUT2D eigenvalue weighted by molar-refractivity contribution is 0.108. The number of aromatic nitrogens is 2. The summed E-state index contributed by atoms with van der Waals surface area (Å²) >= 11 is 6.37. The van der Waals surface area contributed by atoms with Gasteiger partial charge in [0.15, 0.2) is 11.7 Å². The van der Waals surface area contributed by atoms with Crippen LogP contribution in [-0.4, -0.2) is 47.2 Å². The van der Waals surface area contributed by atoms with Gasteiger partial charge in [0.05, 0.1) is 34.8 Å². The van der Waals surface area contributed by atoms with Crippen molar-refractivity contribution >= 4 is 40.2 Å². The average molecular weight is 425 g/mol. The molecule has 3 aromatic rings. The Bertz CT molecular complexity index is 1210. The number of hydrogen-bond donors (Lipinski definition) is 0. The fourth-order valence-electron chi connectivity index (χ4n) is 3.95. The molecule has 0 spiro atoms. The maximum atomic E-state index is 15.5. The molecule has 0 unspecified atom stereocenters. The number of ether oxygens (including phenoxy) is 1. The quantitative estimate of drug-likeness (QED) is 0.586. The molecule has 8 heteroatoms. The second-order valence-corrected chi connectivity index (χ2v) is 7.49. The van der Waals surface area contributed by atoms with E-state index in [1.165, 1.54) is 4.90 Å². The minimum atomic E-state index is -0.444. The van der Waals surface area contributed by atoms with E-state index in [9.17, 15) is 4.79 Å². The van der Waals surface area contributed by atoms with Gasteiger partial charge in [0.25, 0.3) is 0 Å². The zero-order valence-electron chi connectivity index (χ0n) is 16.2. The van der Waals surface area contributed by atoms with Gasteiger partial charge in [-0.05, 0) is 25.1 Å². The topological polar surface area (TPSA) is 58.6 Å². The lowest BCUT2D eigenvalue weighted by atomic mass is 10.00. The molecule has 0 aliphatic carbocycles. The maximum absolute atomic E-state index is 15.5. The van der Waals surface area contributed by atoms with Crippen LogP contribution in [0.2, 0.25) is 5.02 Å². The van der Waals surface area contributed by atoms with Crippen LogP contribution >= 0.6 is 11.6 Å². The lowest BCUT2D eigenvalue weighted by Crippen LogP contribution is -2.48. The number of anilines is 1. The van der Waals surface area contributed by atoms with E-state index >= 15 is 4.39 Å². The molecule has 1 saturated heterocycles. The van der Waals surface area contributed by atoms with Gasteiger partial charge < -0.3 is 14.5 Å².